The topological polar surface area (TPSA) is 40.5 Å². The van der Waals surface area contributed by atoms with Gasteiger partial charge < -0.3 is 5.11 Å². The van der Waals surface area contributed by atoms with E-state index in [1.54, 1.807) is 0 Å². The SMILES string of the molecule is O=C(O)CN(Cc1ccc(I)cc1)CC1CC1. The monoisotopic (exact) mass is 345 g/mol. The molecule has 3 nitrogen and oxygen atoms in total. The fourth-order valence-corrected chi connectivity index (χ4v) is 2.25. The summed E-state index contributed by atoms with van der Waals surface area (Å²) in [4.78, 5) is 12.8. The lowest BCUT2D eigenvalue weighted by molar-refractivity contribution is -0.138. The number of hydrogen-bond donors (Lipinski definition) is 1. The van der Waals surface area contributed by atoms with Crippen molar-refractivity contribution in [3.05, 3.63) is 33.4 Å². The van der Waals surface area contributed by atoms with E-state index in [9.17, 15) is 4.79 Å². The van der Waals surface area contributed by atoms with Crippen LogP contribution in [0.4, 0.5) is 0 Å². The fourth-order valence-electron chi connectivity index (χ4n) is 1.89. The van der Waals surface area contributed by atoms with E-state index in [0.717, 1.165) is 19.0 Å². The van der Waals surface area contributed by atoms with Crippen molar-refractivity contribution in [2.45, 2.75) is 19.4 Å². The van der Waals surface area contributed by atoms with Crippen molar-refractivity contribution in [3.8, 4) is 0 Å². The van der Waals surface area contributed by atoms with E-state index in [4.69, 9.17) is 5.11 Å². The Morgan fingerprint density at radius 2 is 2.00 bits per heavy atom. The van der Waals surface area contributed by atoms with Gasteiger partial charge in [-0.25, -0.2) is 0 Å². The minimum absolute atomic E-state index is 0.141. The Morgan fingerprint density at radius 1 is 1.35 bits per heavy atom. The van der Waals surface area contributed by atoms with E-state index in [2.05, 4.69) is 46.9 Å². The molecule has 0 saturated heterocycles. The third-order valence-electron chi connectivity index (χ3n) is 2.89. The lowest BCUT2D eigenvalue weighted by Crippen LogP contribution is -2.31. The Kier molecular flexibility index (Phi) is 4.39. The van der Waals surface area contributed by atoms with Crippen LogP contribution in [0.15, 0.2) is 24.3 Å². The molecule has 1 N–H and O–H groups in total. The zero-order chi connectivity index (χ0) is 12.3. The van der Waals surface area contributed by atoms with Crippen molar-refractivity contribution in [2.75, 3.05) is 13.1 Å². The summed E-state index contributed by atoms with van der Waals surface area (Å²) >= 11 is 2.27. The van der Waals surface area contributed by atoms with Crippen LogP contribution in [-0.4, -0.2) is 29.1 Å². The van der Waals surface area contributed by atoms with Crippen LogP contribution in [0.3, 0.4) is 0 Å². The summed E-state index contributed by atoms with van der Waals surface area (Å²) in [7, 11) is 0. The molecule has 2 rings (SSSR count). The standard InChI is InChI=1S/C13H16INO2/c14-12-5-3-11(4-6-12)8-15(9-13(16)17)7-10-1-2-10/h3-6,10H,1-2,7-9H2,(H,16,17). The number of hydrogen-bond acceptors (Lipinski definition) is 2. The molecule has 4 heteroatoms. The van der Waals surface area contributed by atoms with E-state index in [1.807, 2.05) is 4.90 Å². The average molecular weight is 345 g/mol. The van der Waals surface area contributed by atoms with Gasteiger partial charge in [0.2, 0.25) is 0 Å². The first-order valence-corrected chi connectivity index (χ1v) is 6.90. The van der Waals surface area contributed by atoms with E-state index in [0.29, 0.717) is 0 Å². The van der Waals surface area contributed by atoms with Crippen LogP contribution in [-0.2, 0) is 11.3 Å². The van der Waals surface area contributed by atoms with Crippen LogP contribution in [0.25, 0.3) is 0 Å². The molecular formula is C13H16INO2. The maximum atomic E-state index is 10.8. The second-order valence-corrected chi connectivity index (χ2v) is 5.88. The largest absolute Gasteiger partial charge is 0.480 e. The van der Waals surface area contributed by atoms with Gasteiger partial charge in [-0.05, 0) is 59.0 Å². The molecule has 0 heterocycles. The summed E-state index contributed by atoms with van der Waals surface area (Å²) in [6.07, 6.45) is 2.51. The van der Waals surface area contributed by atoms with Crippen molar-refractivity contribution >= 4 is 28.6 Å². The maximum Gasteiger partial charge on any atom is 0.317 e. The number of halogens is 1. The van der Waals surface area contributed by atoms with E-state index in [1.165, 1.54) is 22.0 Å². The quantitative estimate of drug-likeness (QED) is 0.806. The number of carboxylic acids is 1. The van der Waals surface area contributed by atoms with E-state index < -0.39 is 5.97 Å². The molecule has 0 amide bonds. The summed E-state index contributed by atoms with van der Waals surface area (Å²) < 4.78 is 1.21. The van der Waals surface area contributed by atoms with E-state index in [-0.39, 0.29) is 6.54 Å². The van der Waals surface area contributed by atoms with Gasteiger partial charge in [0.25, 0.3) is 0 Å². The van der Waals surface area contributed by atoms with Gasteiger partial charge in [0.1, 0.15) is 0 Å². The molecule has 1 aromatic carbocycles. The van der Waals surface area contributed by atoms with Crippen LogP contribution >= 0.6 is 22.6 Å². The first kappa shape index (κ1) is 12.8. The highest BCUT2D eigenvalue weighted by atomic mass is 127. The van der Waals surface area contributed by atoms with Gasteiger partial charge in [-0.2, -0.15) is 0 Å². The fraction of sp³-hybridized carbons (Fsp3) is 0.462. The first-order chi connectivity index (χ1) is 8.13. The molecule has 1 aliphatic rings. The molecule has 1 aliphatic carbocycles. The van der Waals surface area contributed by atoms with Crippen LogP contribution in [0.1, 0.15) is 18.4 Å². The van der Waals surface area contributed by atoms with Crippen LogP contribution in [0.5, 0.6) is 0 Å². The lowest BCUT2D eigenvalue weighted by atomic mass is 10.2. The molecule has 0 unspecified atom stereocenters. The highest BCUT2D eigenvalue weighted by Gasteiger charge is 2.25. The minimum Gasteiger partial charge on any atom is -0.480 e. The molecule has 0 aliphatic heterocycles. The second-order valence-electron chi connectivity index (χ2n) is 4.63. The molecule has 1 saturated carbocycles. The predicted molar refractivity (Wildman–Crippen MR) is 74.8 cm³/mol. The summed E-state index contributed by atoms with van der Waals surface area (Å²) in [5, 5.41) is 8.90. The van der Waals surface area contributed by atoms with Gasteiger partial charge in [-0.1, -0.05) is 12.1 Å². The average Bonchev–Trinajstić information content (AvgIpc) is 3.04. The van der Waals surface area contributed by atoms with Gasteiger partial charge in [-0.15, -0.1) is 0 Å². The predicted octanol–water partition coefficient (Wildman–Crippen LogP) is 2.59. The van der Waals surface area contributed by atoms with Gasteiger partial charge in [0.15, 0.2) is 0 Å². The van der Waals surface area contributed by atoms with Crippen LogP contribution < -0.4 is 0 Å². The van der Waals surface area contributed by atoms with Crippen LogP contribution in [0.2, 0.25) is 0 Å². The number of benzene rings is 1. The van der Waals surface area contributed by atoms with E-state index >= 15 is 0 Å². The summed E-state index contributed by atoms with van der Waals surface area (Å²) in [5.41, 5.74) is 1.19. The molecule has 0 atom stereocenters. The Morgan fingerprint density at radius 3 is 2.53 bits per heavy atom. The number of carbonyl (C=O) groups is 1. The van der Waals surface area contributed by atoms with Gasteiger partial charge in [0.05, 0.1) is 6.54 Å². The molecule has 17 heavy (non-hydrogen) atoms. The summed E-state index contributed by atoms with van der Waals surface area (Å²) in [6.45, 7) is 1.79. The van der Waals surface area contributed by atoms with Gasteiger partial charge in [0, 0.05) is 16.7 Å². The number of nitrogens with zero attached hydrogens (tertiary/aromatic N) is 1. The summed E-state index contributed by atoms with van der Waals surface area (Å²) in [5.74, 6) is -0.0191. The zero-order valence-corrected chi connectivity index (χ0v) is 11.8. The lowest BCUT2D eigenvalue weighted by Gasteiger charge is -2.20. The smallest absolute Gasteiger partial charge is 0.317 e. The first-order valence-electron chi connectivity index (χ1n) is 5.82. The minimum atomic E-state index is -0.740. The Labute approximate surface area is 115 Å². The second kappa shape index (κ2) is 5.82. The third kappa shape index (κ3) is 4.63. The molecule has 1 aromatic rings. The third-order valence-corrected chi connectivity index (χ3v) is 3.61. The van der Waals surface area contributed by atoms with Crippen molar-refractivity contribution in [3.63, 3.8) is 0 Å². The molecule has 0 radical (unpaired) electrons. The molecule has 0 aromatic heterocycles. The maximum absolute atomic E-state index is 10.8. The zero-order valence-electron chi connectivity index (χ0n) is 9.60. The number of carboxylic acid groups (broad SMARTS) is 1. The Balaban J connectivity index is 1.94. The summed E-state index contributed by atoms with van der Waals surface area (Å²) in [6, 6.07) is 8.27. The molecule has 92 valence electrons. The van der Waals surface area contributed by atoms with Gasteiger partial charge in [-0.3, -0.25) is 9.69 Å². The Bertz CT molecular complexity index is 387. The highest BCUT2D eigenvalue weighted by Crippen LogP contribution is 2.30. The highest BCUT2D eigenvalue weighted by molar-refractivity contribution is 14.1. The molecular weight excluding hydrogens is 329 g/mol. The van der Waals surface area contributed by atoms with Crippen molar-refractivity contribution in [1.82, 2.24) is 4.90 Å². The molecule has 0 spiro atoms. The number of rotatable bonds is 6. The van der Waals surface area contributed by atoms with Crippen molar-refractivity contribution in [2.24, 2.45) is 5.92 Å². The van der Waals surface area contributed by atoms with Crippen molar-refractivity contribution < 1.29 is 9.90 Å². The van der Waals surface area contributed by atoms with Crippen LogP contribution in [0, 0.1) is 9.49 Å². The molecule has 0 bridgehead atoms. The normalized spacial score (nSPS) is 15.2. The Hall–Kier alpha value is -0.620. The molecule has 1 fully saturated rings. The number of aliphatic carboxylic acids is 1. The van der Waals surface area contributed by atoms with Crippen molar-refractivity contribution in [1.29, 1.82) is 0 Å². The van der Waals surface area contributed by atoms with Gasteiger partial charge >= 0.3 is 5.97 Å².